The van der Waals surface area contributed by atoms with E-state index < -0.39 is 12.5 Å². The highest BCUT2D eigenvalue weighted by Crippen LogP contribution is 2.37. The first-order valence-electron chi connectivity index (χ1n) is 8.53. The van der Waals surface area contributed by atoms with Crippen LogP contribution in [0.4, 0.5) is 0 Å². The van der Waals surface area contributed by atoms with Gasteiger partial charge in [0.25, 0.3) is 0 Å². The number of aliphatic hydroxyl groups excluding tert-OH is 1. The number of nitrogens with one attached hydrogen (secondary N) is 4. The lowest BCUT2D eigenvalue weighted by atomic mass is 9.98. The van der Waals surface area contributed by atoms with Crippen molar-refractivity contribution in [2.24, 2.45) is 22.0 Å². The zero-order chi connectivity index (χ0) is 20.7. The van der Waals surface area contributed by atoms with Crippen molar-refractivity contribution in [2.75, 3.05) is 7.11 Å². The van der Waals surface area contributed by atoms with E-state index in [-0.39, 0.29) is 11.7 Å². The Kier molecular flexibility index (Phi) is 7.32. The van der Waals surface area contributed by atoms with E-state index in [2.05, 4.69) is 26.4 Å². The Hall–Kier alpha value is -3.15. The number of hydrogen-bond acceptors (Lipinski definition) is 10. The molecule has 1 heterocycles. The molecule has 2 unspecified atom stereocenters. The Balaban J connectivity index is 2.50. The second-order valence-electron chi connectivity index (χ2n) is 6.18. The molecule has 0 aromatic heterocycles. The lowest BCUT2D eigenvalue weighted by Gasteiger charge is -2.29. The number of benzene rings is 1. The minimum Gasteiger partial charge on any atom is -0.507 e. The standard InChI is InChI=1S/C17H26N8O3/c1-9(2)10-6-13(27-3)11(12(26)4-5-18)7-14(10)28-15-8-21-17(23-19)22-16(15)24-25-20/h4-9,16-18,21-23,26H,19H2,1-3H3,(H2,20,24)/b12-4-,18-5?. The van der Waals surface area contributed by atoms with Crippen molar-refractivity contribution < 1.29 is 14.6 Å². The fraction of sp³-hybridized carbons (Fsp3) is 0.353. The molecule has 1 aromatic carbocycles. The van der Waals surface area contributed by atoms with Crippen LogP contribution in [-0.2, 0) is 0 Å². The van der Waals surface area contributed by atoms with E-state index in [0.717, 1.165) is 11.8 Å². The Morgan fingerprint density at radius 3 is 2.71 bits per heavy atom. The molecule has 1 aliphatic rings. The van der Waals surface area contributed by atoms with Gasteiger partial charge in [0, 0.05) is 18.0 Å². The average Bonchev–Trinajstić information content (AvgIpc) is 2.69. The molecule has 0 saturated heterocycles. The van der Waals surface area contributed by atoms with Crippen LogP contribution in [0.3, 0.4) is 0 Å². The molecule has 0 fully saturated rings. The van der Waals surface area contributed by atoms with Crippen molar-refractivity contribution in [3.63, 3.8) is 0 Å². The second-order valence-corrected chi connectivity index (χ2v) is 6.18. The van der Waals surface area contributed by atoms with Crippen LogP contribution in [0, 0.1) is 5.41 Å². The molecular formula is C17H26N8O3. The molecule has 0 bridgehead atoms. The molecule has 1 aromatic rings. The third kappa shape index (κ3) is 4.76. The first-order chi connectivity index (χ1) is 13.4. The molecule has 2 rings (SSSR count). The van der Waals surface area contributed by atoms with E-state index in [1.807, 2.05) is 13.8 Å². The number of hydrazine groups is 1. The van der Waals surface area contributed by atoms with Crippen LogP contribution in [-0.4, -0.2) is 30.9 Å². The number of methoxy groups -OCH3 is 1. The van der Waals surface area contributed by atoms with Gasteiger partial charge in [-0.05, 0) is 24.1 Å². The predicted molar refractivity (Wildman–Crippen MR) is 105 cm³/mol. The monoisotopic (exact) mass is 390 g/mol. The molecule has 1 aliphatic heterocycles. The van der Waals surface area contributed by atoms with Gasteiger partial charge in [0.1, 0.15) is 23.5 Å². The summed E-state index contributed by atoms with van der Waals surface area (Å²) >= 11 is 0. The fourth-order valence-electron chi connectivity index (χ4n) is 2.65. The second kappa shape index (κ2) is 9.69. The minimum absolute atomic E-state index is 0.102. The predicted octanol–water partition coefficient (Wildman–Crippen LogP) is 1.18. The fourth-order valence-corrected chi connectivity index (χ4v) is 2.65. The van der Waals surface area contributed by atoms with Crippen LogP contribution in [0.25, 0.3) is 5.76 Å². The van der Waals surface area contributed by atoms with Crippen LogP contribution in [0.1, 0.15) is 30.9 Å². The third-order valence-electron chi connectivity index (χ3n) is 4.03. The van der Waals surface area contributed by atoms with E-state index in [9.17, 15) is 5.11 Å². The van der Waals surface area contributed by atoms with Gasteiger partial charge in [0.2, 0.25) is 0 Å². The smallest absolute Gasteiger partial charge is 0.185 e. The molecule has 2 atom stereocenters. The maximum absolute atomic E-state index is 10.3. The molecule has 0 radical (unpaired) electrons. The molecule has 0 aliphatic carbocycles. The van der Waals surface area contributed by atoms with Crippen LogP contribution in [0.2, 0.25) is 0 Å². The van der Waals surface area contributed by atoms with Gasteiger partial charge >= 0.3 is 0 Å². The average molecular weight is 390 g/mol. The lowest BCUT2D eigenvalue weighted by molar-refractivity contribution is 0.268. The normalized spacial score (nSPS) is 20.0. The summed E-state index contributed by atoms with van der Waals surface area (Å²) in [4.78, 5) is 0. The Morgan fingerprint density at radius 2 is 2.14 bits per heavy atom. The van der Waals surface area contributed by atoms with E-state index in [0.29, 0.717) is 22.8 Å². The SMILES string of the molecule is COc1cc(C(C)C)c(OC2=CNC(NN)NC2N=NN)cc1/C(O)=C/C=N. The number of ether oxygens (including phenoxy) is 2. The number of aliphatic hydroxyl groups is 1. The molecule has 0 spiro atoms. The lowest BCUT2D eigenvalue weighted by Crippen LogP contribution is -2.60. The highest BCUT2D eigenvalue weighted by Gasteiger charge is 2.26. The van der Waals surface area contributed by atoms with E-state index in [1.165, 1.54) is 13.2 Å². The van der Waals surface area contributed by atoms with Crippen LogP contribution in [0.15, 0.2) is 40.5 Å². The molecule has 11 nitrogen and oxygen atoms in total. The van der Waals surface area contributed by atoms with E-state index >= 15 is 0 Å². The van der Waals surface area contributed by atoms with Crippen LogP contribution in [0.5, 0.6) is 11.5 Å². The van der Waals surface area contributed by atoms with Gasteiger partial charge in [-0.2, -0.15) is 0 Å². The number of rotatable bonds is 8. The van der Waals surface area contributed by atoms with Crippen LogP contribution >= 0.6 is 0 Å². The summed E-state index contributed by atoms with van der Waals surface area (Å²) in [5, 5.41) is 30.6. The van der Waals surface area contributed by atoms with Gasteiger partial charge in [-0.1, -0.05) is 19.1 Å². The summed E-state index contributed by atoms with van der Waals surface area (Å²) in [5.41, 5.74) is 3.76. The molecule has 28 heavy (non-hydrogen) atoms. The zero-order valence-electron chi connectivity index (χ0n) is 15.9. The molecule has 11 heteroatoms. The quantitative estimate of drug-likeness (QED) is 0.114. The number of nitrogens with zero attached hydrogens (tertiary/aromatic N) is 2. The van der Waals surface area contributed by atoms with Gasteiger partial charge in [-0.25, -0.2) is 5.43 Å². The Morgan fingerprint density at radius 1 is 1.39 bits per heavy atom. The third-order valence-corrected chi connectivity index (χ3v) is 4.03. The topological polar surface area (TPSA) is 175 Å². The van der Waals surface area contributed by atoms with Crippen molar-refractivity contribution >= 4 is 12.0 Å². The van der Waals surface area contributed by atoms with Crippen molar-refractivity contribution in [3.05, 3.63) is 41.3 Å². The van der Waals surface area contributed by atoms with Crippen molar-refractivity contribution in [3.8, 4) is 11.5 Å². The summed E-state index contributed by atoms with van der Waals surface area (Å²) in [6.07, 6.45) is 2.72. The highest BCUT2D eigenvalue weighted by molar-refractivity contribution is 5.81. The summed E-state index contributed by atoms with van der Waals surface area (Å²) < 4.78 is 11.5. The van der Waals surface area contributed by atoms with Crippen molar-refractivity contribution in [1.29, 1.82) is 5.41 Å². The van der Waals surface area contributed by atoms with Gasteiger partial charge in [-0.3, -0.25) is 11.2 Å². The Labute approximate surface area is 162 Å². The van der Waals surface area contributed by atoms with Crippen LogP contribution < -0.4 is 37.2 Å². The number of nitrogens with two attached hydrogens (primary N) is 2. The first kappa shape index (κ1) is 21.2. The summed E-state index contributed by atoms with van der Waals surface area (Å²) in [7, 11) is 1.51. The molecular weight excluding hydrogens is 364 g/mol. The summed E-state index contributed by atoms with van der Waals surface area (Å²) in [6.45, 7) is 4.01. The minimum atomic E-state index is -0.677. The molecule has 9 N–H and O–H groups in total. The summed E-state index contributed by atoms with van der Waals surface area (Å²) in [6, 6.07) is 3.44. The largest absolute Gasteiger partial charge is 0.507 e. The van der Waals surface area contributed by atoms with Crippen molar-refractivity contribution in [1.82, 2.24) is 16.1 Å². The number of hydrogen-bond donors (Lipinski definition) is 7. The van der Waals surface area contributed by atoms with Gasteiger partial charge in [-0.15, -0.1) is 5.11 Å². The van der Waals surface area contributed by atoms with Gasteiger partial charge < -0.3 is 31.1 Å². The van der Waals surface area contributed by atoms with Gasteiger partial charge in [0.15, 0.2) is 11.9 Å². The van der Waals surface area contributed by atoms with Crippen molar-refractivity contribution in [2.45, 2.75) is 32.2 Å². The summed E-state index contributed by atoms with van der Waals surface area (Å²) in [5.74, 6) is 12.0. The highest BCUT2D eigenvalue weighted by atomic mass is 16.5. The zero-order valence-corrected chi connectivity index (χ0v) is 15.9. The molecule has 0 amide bonds. The van der Waals surface area contributed by atoms with E-state index in [1.54, 1.807) is 18.3 Å². The maximum Gasteiger partial charge on any atom is 0.185 e. The first-order valence-corrected chi connectivity index (χ1v) is 8.53. The Bertz CT molecular complexity index is 791. The van der Waals surface area contributed by atoms with Gasteiger partial charge in [0.05, 0.1) is 12.7 Å². The molecule has 152 valence electrons. The molecule has 0 saturated carbocycles. The number of allylic oxidation sites excluding steroid dienone is 1. The van der Waals surface area contributed by atoms with E-state index in [4.69, 9.17) is 26.6 Å². The maximum atomic E-state index is 10.3.